The average molecular weight is 352 g/mol. The molecule has 0 atom stereocenters. The number of aromatic nitrogens is 3. The number of rotatable bonds is 6. The van der Waals surface area contributed by atoms with Gasteiger partial charge in [-0.3, -0.25) is 4.57 Å². The van der Waals surface area contributed by atoms with Crippen molar-refractivity contribution >= 4 is 23.5 Å². The largest absolute Gasteiger partial charge is 0.273 e. The monoisotopic (exact) mass is 352 g/mol. The molecule has 2 aromatic carbocycles. The van der Waals surface area contributed by atoms with E-state index in [-0.39, 0.29) is 0 Å². The minimum atomic E-state index is 0.357. The van der Waals surface area contributed by atoms with Crippen LogP contribution in [0.5, 0.6) is 0 Å². The second-order valence-electron chi connectivity index (χ2n) is 5.12. The van der Waals surface area contributed by atoms with E-state index in [0.29, 0.717) is 5.75 Å². The van der Waals surface area contributed by atoms with Gasteiger partial charge in [-0.05, 0) is 31.2 Å². The summed E-state index contributed by atoms with van der Waals surface area (Å²) in [6.07, 6.45) is 0. The number of hydrogen-bond acceptors (Lipinski definition) is 5. The van der Waals surface area contributed by atoms with Gasteiger partial charge in [0, 0.05) is 10.6 Å². The number of nitriles is 1. The second-order valence-corrected chi connectivity index (χ2v) is 7.11. The smallest absolute Gasteiger partial charge is 0.196 e. The third-order valence-electron chi connectivity index (χ3n) is 3.37. The van der Waals surface area contributed by atoms with Gasteiger partial charge in [-0.2, -0.15) is 5.26 Å². The van der Waals surface area contributed by atoms with E-state index in [4.69, 9.17) is 5.26 Å². The van der Waals surface area contributed by atoms with Gasteiger partial charge in [0.15, 0.2) is 5.16 Å². The molecule has 0 aliphatic carbocycles. The molecule has 4 nitrogen and oxygen atoms in total. The maximum absolute atomic E-state index is 8.84. The maximum atomic E-state index is 8.84. The van der Waals surface area contributed by atoms with Crippen molar-refractivity contribution in [3.05, 3.63) is 66.0 Å². The van der Waals surface area contributed by atoms with Crippen molar-refractivity contribution in [3.8, 4) is 11.8 Å². The highest BCUT2D eigenvalue weighted by Crippen LogP contribution is 2.27. The summed E-state index contributed by atoms with van der Waals surface area (Å²) in [7, 11) is 0. The molecular formula is C18H16N4S2. The third-order valence-corrected chi connectivity index (χ3v) is 5.17. The molecular weight excluding hydrogens is 336 g/mol. The van der Waals surface area contributed by atoms with E-state index < -0.39 is 0 Å². The summed E-state index contributed by atoms with van der Waals surface area (Å²) < 4.78 is 2.03. The van der Waals surface area contributed by atoms with Crippen LogP contribution in [0, 0.1) is 18.3 Å². The van der Waals surface area contributed by atoms with Crippen molar-refractivity contribution in [1.29, 1.82) is 5.26 Å². The molecule has 24 heavy (non-hydrogen) atoms. The van der Waals surface area contributed by atoms with Gasteiger partial charge in [0.25, 0.3) is 0 Å². The summed E-state index contributed by atoms with van der Waals surface area (Å²) in [5.41, 5.74) is 2.27. The molecule has 0 unspecified atom stereocenters. The Morgan fingerprint density at radius 2 is 1.75 bits per heavy atom. The van der Waals surface area contributed by atoms with E-state index in [1.165, 1.54) is 22.2 Å². The van der Waals surface area contributed by atoms with E-state index in [0.717, 1.165) is 22.4 Å². The fourth-order valence-corrected chi connectivity index (χ4v) is 3.65. The van der Waals surface area contributed by atoms with Crippen molar-refractivity contribution in [3.63, 3.8) is 0 Å². The number of hydrogen-bond donors (Lipinski definition) is 0. The Labute approximate surface area is 149 Å². The normalized spacial score (nSPS) is 10.5. The minimum absolute atomic E-state index is 0.357. The standard InChI is InChI=1S/C18H16N4S2/c1-14-7-9-16(10-8-14)24-13-17-20-21-18(23-12-11-19)22(17)15-5-3-2-4-6-15/h2-10H,12-13H2,1H3. The molecule has 1 heterocycles. The third kappa shape index (κ3) is 3.99. The number of benzene rings is 2. The minimum Gasteiger partial charge on any atom is -0.273 e. The Kier molecular flexibility index (Phi) is 5.57. The predicted octanol–water partition coefficient (Wildman–Crippen LogP) is 4.48. The Hall–Kier alpha value is -2.23. The zero-order chi connectivity index (χ0) is 16.8. The number of para-hydroxylation sites is 1. The highest BCUT2D eigenvalue weighted by molar-refractivity contribution is 7.99. The topological polar surface area (TPSA) is 54.5 Å². The maximum Gasteiger partial charge on any atom is 0.196 e. The fourth-order valence-electron chi connectivity index (χ4n) is 2.20. The van der Waals surface area contributed by atoms with Gasteiger partial charge < -0.3 is 0 Å². The molecule has 6 heteroatoms. The lowest BCUT2D eigenvalue weighted by atomic mass is 10.2. The molecule has 3 aromatic rings. The van der Waals surface area contributed by atoms with Crippen molar-refractivity contribution in [2.75, 3.05) is 5.75 Å². The van der Waals surface area contributed by atoms with E-state index in [2.05, 4.69) is 47.5 Å². The van der Waals surface area contributed by atoms with Gasteiger partial charge >= 0.3 is 0 Å². The van der Waals surface area contributed by atoms with Crippen LogP contribution in [-0.2, 0) is 5.75 Å². The van der Waals surface area contributed by atoms with Crippen LogP contribution in [0.3, 0.4) is 0 Å². The van der Waals surface area contributed by atoms with E-state index >= 15 is 0 Å². The second kappa shape index (κ2) is 8.04. The van der Waals surface area contributed by atoms with Crippen LogP contribution in [0.2, 0.25) is 0 Å². The van der Waals surface area contributed by atoms with Crippen LogP contribution in [-0.4, -0.2) is 20.5 Å². The van der Waals surface area contributed by atoms with Gasteiger partial charge in [-0.25, -0.2) is 0 Å². The number of thioether (sulfide) groups is 2. The van der Waals surface area contributed by atoms with Crippen molar-refractivity contribution in [1.82, 2.24) is 14.8 Å². The molecule has 1 aromatic heterocycles. The summed E-state index contributed by atoms with van der Waals surface area (Å²) in [5, 5.41) is 18.2. The van der Waals surface area contributed by atoms with Gasteiger partial charge in [-0.1, -0.05) is 47.7 Å². The van der Waals surface area contributed by atoms with Crippen molar-refractivity contribution in [2.45, 2.75) is 22.7 Å². The average Bonchev–Trinajstić information content (AvgIpc) is 3.03. The molecule has 3 rings (SSSR count). The Morgan fingerprint density at radius 1 is 1.00 bits per heavy atom. The Bertz CT molecular complexity index is 836. The molecule has 0 radical (unpaired) electrons. The fraction of sp³-hybridized carbons (Fsp3) is 0.167. The number of aryl methyl sites for hydroxylation is 1. The lowest BCUT2D eigenvalue weighted by molar-refractivity contribution is 0.866. The zero-order valence-electron chi connectivity index (χ0n) is 13.2. The summed E-state index contributed by atoms with van der Waals surface area (Å²) >= 11 is 3.14. The van der Waals surface area contributed by atoms with Crippen LogP contribution >= 0.6 is 23.5 Å². The molecule has 0 amide bonds. The SMILES string of the molecule is Cc1ccc(SCc2nnc(SCC#N)n2-c2ccccc2)cc1. The summed E-state index contributed by atoms with van der Waals surface area (Å²) in [6, 6.07) is 20.6. The van der Waals surface area contributed by atoms with Crippen LogP contribution in [0.1, 0.15) is 11.4 Å². The van der Waals surface area contributed by atoms with E-state index in [1.807, 2.05) is 34.9 Å². The molecule has 0 N–H and O–H groups in total. The molecule has 0 bridgehead atoms. The van der Waals surface area contributed by atoms with Crippen LogP contribution in [0.25, 0.3) is 5.69 Å². The predicted molar refractivity (Wildman–Crippen MR) is 98.4 cm³/mol. The van der Waals surface area contributed by atoms with E-state index in [1.54, 1.807) is 11.8 Å². The lowest BCUT2D eigenvalue weighted by Gasteiger charge is -2.09. The summed E-state index contributed by atoms with van der Waals surface area (Å²) in [6.45, 7) is 2.08. The molecule has 0 aliphatic rings. The quantitative estimate of drug-likeness (QED) is 0.612. The summed E-state index contributed by atoms with van der Waals surface area (Å²) in [5.74, 6) is 1.96. The highest BCUT2D eigenvalue weighted by Gasteiger charge is 2.14. The molecule has 0 aliphatic heterocycles. The van der Waals surface area contributed by atoms with Crippen molar-refractivity contribution in [2.24, 2.45) is 0 Å². The first-order valence-electron chi connectivity index (χ1n) is 7.47. The lowest BCUT2D eigenvalue weighted by Crippen LogP contribution is -2.01. The van der Waals surface area contributed by atoms with Crippen molar-refractivity contribution < 1.29 is 0 Å². The first-order chi connectivity index (χ1) is 11.8. The first-order valence-corrected chi connectivity index (χ1v) is 9.44. The number of nitrogens with zero attached hydrogens (tertiary/aromatic N) is 4. The molecule has 0 fully saturated rings. The Morgan fingerprint density at radius 3 is 2.46 bits per heavy atom. The van der Waals surface area contributed by atoms with Gasteiger partial charge in [-0.15, -0.1) is 22.0 Å². The van der Waals surface area contributed by atoms with Gasteiger partial charge in [0.05, 0.1) is 17.6 Å². The van der Waals surface area contributed by atoms with E-state index in [9.17, 15) is 0 Å². The zero-order valence-corrected chi connectivity index (χ0v) is 14.8. The summed E-state index contributed by atoms with van der Waals surface area (Å²) in [4.78, 5) is 1.20. The van der Waals surface area contributed by atoms with Crippen LogP contribution in [0.4, 0.5) is 0 Å². The first kappa shape index (κ1) is 16.6. The molecule has 120 valence electrons. The van der Waals surface area contributed by atoms with Gasteiger partial charge in [0.2, 0.25) is 0 Å². The molecule has 0 saturated carbocycles. The Balaban J connectivity index is 1.85. The van der Waals surface area contributed by atoms with Crippen LogP contribution in [0.15, 0.2) is 64.6 Å². The molecule has 0 spiro atoms. The van der Waals surface area contributed by atoms with Gasteiger partial charge in [0.1, 0.15) is 5.82 Å². The highest BCUT2D eigenvalue weighted by atomic mass is 32.2. The van der Waals surface area contributed by atoms with Crippen LogP contribution < -0.4 is 0 Å². The molecule has 0 saturated heterocycles.